The maximum Gasteiger partial charge on any atom is 0.406 e. The van der Waals surface area contributed by atoms with Crippen LogP contribution in [-0.2, 0) is 11.3 Å². The van der Waals surface area contributed by atoms with Gasteiger partial charge in [0.25, 0.3) is 0 Å². The molecule has 1 aromatic carbocycles. The normalized spacial score (nSPS) is 18.1. The van der Waals surface area contributed by atoms with E-state index in [1.165, 1.54) is 6.92 Å². The van der Waals surface area contributed by atoms with E-state index in [9.17, 15) is 18.0 Å². The third-order valence-corrected chi connectivity index (χ3v) is 3.76. The lowest BCUT2D eigenvalue weighted by Gasteiger charge is -2.32. The molecule has 0 saturated heterocycles. The van der Waals surface area contributed by atoms with Crippen LogP contribution in [0.5, 0.6) is 0 Å². The number of carbonyl (C=O) groups is 1. The summed E-state index contributed by atoms with van der Waals surface area (Å²) in [5.41, 5.74) is 5.41. The van der Waals surface area contributed by atoms with Gasteiger partial charge in [-0.2, -0.15) is 13.2 Å². The minimum Gasteiger partial charge on any atom is -0.328 e. The maximum atomic E-state index is 12.7. The summed E-state index contributed by atoms with van der Waals surface area (Å²) < 4.78 is 38.2. The van der Waals surface area contributed by atoms with Crippen molar-refractivity contribution in [2.24, 2.45) is 11.7 Å². The van der Waals surface area contributed by atoms with E-state index in [-0.39, 0.29) is 12.5 Å². The van der Waals surface area contributed by atoms with Crippen molar-refractivity contribution in [2.75, 3.05) is 6.54 Å². The molecular weight excluding hydrogens is 281 g/mol. The first kappa shape index (κ1) is 15.8. The Bertz CT molecular complexity index is 495. The molecular formula is C15H19F3N2O. The first-order chi connectivity index (χ1) is 9.70. The van der Waals surface area contributed by atoms with Crippen LogP contribution in [0.2, 0.25) is 0 Å². The topological polar surface area (TPSA) is 46.3 Å². The molecule has 0 radical (unpaired) electrons. The average Bonchev–Trinajstić information content (AvgIpc) is 3.21. The van der Waals surface area contributed by atoms with Crippen LogP contribution < -0.4 is 5.73 Å². The molecule has 0 spiro atoms. The smallest absolute Gasteiger partial charge is 0.328 e. The van der Waals surface area contributed by atoms with Crippen LogP contribution in [0.15, 0.2) is 30.3 Å². The van der Waals surface area contributed by atoms with E-state index in [1.807, 2.05) is 0 Å². The van der Waals surface area contributed by atoms with Crippen molar-refractivity contribution in [3.05, 3.63) is 35.9 Å². The molecule has 2 N–H and O–H groups in total. The summed E-state index contributed by atoms with van der Waals surface area (Å²) in [6, 6.07) is 8.63. The molecule has 1 aromatic rings. The second kappa shape index (κ2) is 5.67. The number of alkyl halides is 3. The van der Waals surface area contributed by atoms with E-state index < -0.39 is 24.2 Å². The second-order valence-corrected chi connectivity index (χ2v) is 5.82. The predicted octanol–water partition coefficient (Wildman–Crippen LogP) is 2.70. The molecule has 3 nitrogen and oxygen atoms in total. The Labute approximate surface area is 121 Å². The fourth-order valence-corrected chi connectivity index (χ4v) is 2.42. The molecule has 0 aliphatic heterocycles. The van der Waals surface area contributed by atoms with E-state index in [4.69, 9.17) is 5.73 Å². The van der Waals surface area contributed by atoms with Crippen LogP contribution in [0, 0.1) is 5.92 Å². The van der Waals surface area contributed by atoms with Crippen molar-refractivity contribution in [1.82, 2.24) is 4.90 Å². The van der Waals surface area contributed by atoms with Gasteiger partial charge in [-0.15, -0.1) is 0 Å². The molecule has 0 heterocycles. The van der Waals surface area contributed by atoms with Crippen LogP contribution in [0.1, 0.15) is 25.3 Å². The number of hydrogen-bond acceptors (Lipinski definition) is 2. The highest BCUT2D eigenvalue weighted by Gasteiger charge is 2.47. The number of rotatable bonds is 5. The van der Waals surface area contributed by atoms with Gasteiger partial charge in [0.2, 0.25) is 5.91 Å². The zero-order valence-electron chi connectivity index (χ0n) is 11.9. The lowest BCUT2D eigenvalue weighted by Crippen LogP contribution is -2.56. The first-order valence-electron chi connectivity index (χ1n) is 6.89. The van der Waals surface area contributed by atoms with Crippen molar-refractivity contribution in [3.63, 3.8) is 0 Å². The van der Waals surface area contributed by atoms with E-state index in [1.54, 1.807) is 30.3 Å². The molecule has 1 aliphatic carbocycles. The summed E-state index contributed by atoms with van der Waals surface area (Å²) >= 11 is 0. The van der Waals surface area contributed by atoms with Gasteiger partial charge in [0.15, 0.2) is 0 Å². The minimum absolute atomic E-state index is 0.0171. The predicted molar refractivity (Wildman–Crippen MR) is 73.2 cm³/mol. The van der Waals surface area contributed by atoms with Gasteiger partial charge in [-0.1, -0.05) is 30.3 Å². The van der Waals surface area contributed by atoms with Crippen molar-refractivity contribution >= 4 is 5.91 Å². The van der Waals surface area contributed by atoms with Crippen molar-refractivity contribution in [2.45, 2.75) is 38.0 Å². The van der Waals surface area contributed by atoms with Crippen LogP contribution in [-0.4, -0.2) is 29.1 Å². The molecule has 21 heavy (non-hydrogen) atoms. The number of amides is 1. The molecule has 0 aromatic heterocycles. The summed E-state index contributed by atoms with van der Waals surface area (Å²) in [4.78, 5) is 13.2. The van der Waals surface area contributed by atoms with Gasteiger partial charge in [0, 0.05) is 6.54 Å². The Balaban J connectivity index is 2.17. The zero-order valence-corrected chi connectivity index (χ0v) is 11.9. The lowest BCUT2D eigenvalue weighted by atomic mass is 9.95. The molecule has 1 unspecified atom stereocenters. The summed E-state index contributed by atoms with van der Waals surface area (Å²) in [6.45, 7) is 0.167. The van der Waals surface area contributed by atoms with Gasteiger partial charge < -0.3 is 10.6 Å². The number of hydrogen-bond donors (Lipinski definition) is 1. The average molecular weight is 300 g/mol. The fourth-order valence-electron chi connectivity index (χ4n) is 2.42. The largest absolute Gasteiger partial charge is 0.406 e. The van der Waals surface area contributed by atoms with Crippen molar-refractivity contribution in [3.8, 4) is 0 Å². The van der Waals surface area contributed by atoms with Crippen LogP contribution >= 0.6 is 0 Å². The van der Waals surface area contributed by atoms with Crippen LogP contribution in [0.25, 0.3) is 0 Å². The molecule has 1 atom stereocenters. The molecule has 1 saturated carbocycles. The van der Waals surface area contributed by atoms with E-state index >= 15 is 0 Å². The molecule has 1 amide bonds. The van der Waals surface area contributed by atoms with Crippen molar-refractivity contribution in [1.29, 1.82) is 0 Å². The van der Waals surface area contributed by atoms with E-state index in [0.717, 1.165) is 17.7 Å². The maximum absolute atomic E-state index is 12.7. The summed E-state index contributed by atoms with van der Waals surface area (Å²) in [5.74, 6) is -0.650. The number of nitrogens with zero attached hydrogens (tertiary/aromatic N) is 1. The monoisotopic (exact) mass is 300 g/mol. The highest BCUT2D eigenvalue weighted by Crippen LogP contribution is 2.39. The SMILES string of the molecule is CC(N)(C(=O)N(Cc1ccccc1)CC(F)(F)F)C1CC1. The quantitative estimate of drug-likeness (QED) is 0.909. The third kappa shape index (κ3) is 4.20. The zero-order chi connectivity index (χ0) is 15.7. The van der Waals surface area contributed by atoms with Gasteiger partial charge >= 0.3 is 6.18 Å². The van der Waals surface area contributed by atoms with Crippen LogP contribution in [0.4, 0.5) is 13.2 Å². The van der Waals surface area contributed by atoms with Gasteiger partial charge in [-0.3, -0.25) is 4.79 Å². The number of nitrogens with two attached hydrogens (primary N) is 1. The number of carbonyl (C=O) groups excluding carboxylic acids is 1. The van der Waals surface area contributed by atoms with Gasteiger partial charge in [-0.25, -0.2) is 0 Å². The van der Waals surface area contributed by atoms with Crippen LogP contribution in [0.3, 0.4) is 0 Å². The molecule has 1 aliphatic rings. The Hall–Kier alpha value is -1.56. The number of halogens is 3. The summed E-state index contributed by atoms with van der Waals surface area (Å²) in [7, 11) is 0. The van der Waals surface area contributed by atoms with E-state index in [0.29, 0.717) is 5.56 Å². The Morgan fingerprint density at radius 2 is 1.86 bits per heavy atom. The Kier molecular flexibility index (Phi) is 4.27. The summed E-state index contributed by atoms with van der Waals surface area (Å²) in [5, 5.41) is 0. The third-order valence-electron chi connectivity index (χ3n) is 3.76. The highest BCUT2D eigenvalue weighted by atomic mass is 19.4. The van der Waals surface area contributed by atoms with Crippen molar-refractivity contribution < 1.29 is 18.0 Å². The molecule has 1 fully saturated rings. The van der Waals surface area contributed by atoms with E-state index in [2.05, 4.69) is 0 Å². The molecule has 2 rings (SSSR count). The summed E-state index contributed by atoms with van der Waals surface area (Å²) in [6.07, 6.45) is -2.85. The Morgan fingerprint density at radius 3 is 2.33 bits per heavy atom. The highest BCUT2D eigenvalue weighted by molar-refractivity contribution is 5.86. The minimum atomic E-state index is -4.44. The standard InChI is InChI=1S/C15H19F3N2O/c1-14(19,12-7-8-12)13(21)20(10-15(16,17)18)9-11-5-3-2-4-6-11/h2-6,12H,7-10,19H2,1H3. The Morgan fingerprint density at radius 1 is 1.29 bits per heavy atom. The molecule has 0 bridgehead atoms. The first-order valence-corrected chi connectivity index (χ1v) is 6.89. The fraction of sp³-hybridized carbons (Fsp3) is 0.533. The lowest BCUT2D eigenvalue weighted by molar-refractivity contribution is -0.166. The van der Waals surface area contributed by atoms with Gasteiger partial charge in [0.1, 0.15) is 6.54 Å². The van der Waals surface area contributed by atoms with Gasteiger partial charge in [-0.05, 0) is 31.2 Å². The second-order valence-electron chi connectivity index (χ2n) is 5.82. The number of benzene rings is 1. The molecule has 6 heteroatoms. The van der Waals surface area contributed by atoms with Gasteiger partial charge in [0.05, 0.1) is 5.54 Å². The molecule has 116 valence electrons.